The molecule has 0 saturated carbocycles. The van der Waals surface area contributed by atoms with Gasteiger partial charge in [0.15, 0.2) is 0 Å². The van der Waals surface area contributed by atoms with Crippen LogP contribution in [0.2, 0.25) is 0 Å². The monoisotopic (exact) mass is 224 g/mol. The summed E-state index contributed by atoms with van der Waals surface area (Å²) in [7, 11) is 0. The van der Waals surface area contributed by atoms with Crippen molar-refractivity contribution in [2.75, 3.05) is 5.73 Å². The van der Waals surface area contributed by atoms with Crippen LogP contribution >= 0.6 is 12.2 Å². The third kappa shape index (κ3) is 1.68. The maximum atomic E-state index is 10.6. The fraction of sp³-hybridized carbons (Fsp3) is 0.125. The Hall–Kier alpha value is -1.89. The molecule has 2 rings (SSSR count). The average molecular weight is 224 g/mol. The largest absolute Gasteiger partial charge is 0.480 e. The van der Waals surface area contributed by atoms with Crippen LogP contribution < -0.4 is 5.73 Å². The van der Waals surface area contributed by atoms with E-state index in [1.54, 1.807) is 22.9 Å². The molecular weight excluding hydrogens is 216 g/mol. The van der Waals surface area contributed by atoms with Crippen LogP contribution in [0.5, 0.6) is 0 Å². The number of nitrogens with two attached hydrogens (primary N) is 1. The fourth-order valence-electron chi connectivity index (χ4n) is 1.36. The van der Waals surface area contributed by atoms with E-state index in [1.807, 2.05) is 0 Å². The highest BCUT2D eigenvalue weighted by atomic mass is 32.1. The molecule has 0 aliphatic carbocycles. The van der Waals surface area contributed by atoms with Gasteiger partial charge in [-0.05, 0) is 12.2 Å². The summed E-state index contributed by atoms with van der Waals surface area (Å²) < 4.78 is 3.46. The zero-order valence-corrected chi connectivity index (χ0v) is 8.44. The number of carbonyl (C=O) groups is 1. The number of fused-ring (bicyclic) bond motifs is 1. The highest BCUT2D eigenvalue weighted by Gasteiger charge is 2.05. The van der Waals surface area contributed by atoms with Gasteiger partial charge in [-0.1, -0.05) is 0 Å². The molecule has 2 aromatic heterocycles. The van der Waals surface area contributed by atoms with E-state index < -0.39 is 5.97 Å². The summed E-state index contributed by atoms with van der Waals surface area (Å²) >= 11 is 4.98. The van der Waals surface area contributed by atoms with Gasteiger partial charge in [0.05, 0.1) is 0 Å². The first-order chi connectivity index (χ1) is 7.08. The lowest BCUT2D eigenvalue weighted by Gasteiger charge is -2.01. The number of imidazole rings is 1. The first-order valence-corrected chi connectivity index (χ1v) is 4.54. The van der Waals surface area contributed by atoms with Crippen LogP contribution in [-0.4, -0.2) is 25.0 Å². The number of rotatable bonds is 2. The molecule has 3 N–H and O–H groups in total. The molecule has 0 unspecified atom stereocenters. The third-order valence-electron chi connectivity index (χ3n) is 1.95. The molecular formula is C8H8N4O2S. The van der Waals surface area contributed by atoms with Crippen LogP contribution in [0.15, 0.2) is 18.5 Å². The summed E-state index contributed by atoms with van der Waals surface area (Å²) in [5, 5.41) is 8.68. The van der Waals surface area contributed by atoms with Gasteiger partial charge in [0, 0.05) is 18.5 Å². The first kappa shape index (κ1) is 9.66. The highest BCUT2D eigenvalue weighted by Crippen LogP contribution is 2.09. The summed E-state index contributed by atoms with van der Waals surface area (Å²) in [6, 6.07) is 1.58. The molecule has 7 heteroatoms. The molecule has 0 aliphatic heterocycles. The van der Waals surface area contributed by atoms with E-state index in [9.17, 15) is 4.79 Å². The number of hydrogen-bond acceptors (Lipinski definition) is 4. The van der Waals surface area contributed by atoms with Crippen LogP contribution in [0.4, 0.5) is 5.82 Å². The highest BCUT2D eigenvalue weighted by molar-refractivity contribution is 7.71. The van der Waals surface area contributed by atoms with E-state index in [2.05, 4.69) is 4.98 Å². The fourth-order valence-corrected chi connectivity index (χ4v) is 1.62. The molecule has 0 aromatic carbocycles. The second-order valence-electron chi connectivity index (χ2n) is 3.01. The Morgan fingerprint density at radius 3 is 3.00 bits per heavy atom. The Morgan fingerprint density at radius 2 is 2.33 bits per heavy atom. The molecule has 0 amide bonds. The van der Waals surface area contributed by atoms with Crippen molar-refractivity contribution in [2.45, 2.75) is 6.54 Å². The molecule has 2 heterocycles. The van der Waals surface area contributed by atoms with Crippen molar-refractivity contribution in [2.24, 2.45) is 0 Å². The van der Waals surface area contributed by atoms with Crippen LogP contribution in [0.25, 0.3) is 5.65 Å². The Bertz CT molecular complexity index is 586. The number of nitrogens with zero attached hydrogens (tertiary/aromatic N) is 3. The zero-order valence-electron chi connectivity index (χ0n) is 7.62. The van der Waals surface area contributed by atoms with Gasteiger partial charge in [-0.3, -0.25) is 9.20 Å². The van der Waals surface area contributed by atoms with Crippen LogP contribution in [-0.2, 0) is 11.3 Å². The van der Waals surface area contributed by atoms with Gasteiger partial charge in [-0.15, -0.1) is 0 Å². The summed E-state index contributed by atoms with van der Waals surface area (Å²) in [5.74, 6) is -0.639. The number of aliphatic carboxylic acids is 1. The Morgan fingerprint density at radius 1 is 1.60 bits per heavy atom. The van der Waals surface area contributed by atoms with Gasteiger partial charge in [0.25, 0.3) is 0 Å². The number of hydrogen-bond donors (Lipinski definition) is 2. The Labute approximate surface area is 89.6 Å². The molecule has 78 valence electrons. The van der Waals surface area contributed by atoms with Crippen molar-refractivity contribution in [3.63, 3.8) is 0 Å². The van der Waals surface area contributed by atoms with Crippen molar-refractivity contribution in [3.05, 3.63) is 23.2 Å². The minimum absolute atomic E-state index is 0.130. The van der Waals surface area contributed by atoms with Crippen molar-refractivity contribution in [1.82, 2.24) is 14.0 Å². The van der Waals surface area contributed by atoms with Crippen LogP contribution in [0, 0.1) is 4.77 Å². The molecule has 2 aromatic rings. The van der Waals surface area contributed by atoms with E-state index in [1.165, 1.54) is 4.57 Å². The van der Waals surface area contributed by atoms with E-state index in [0.29, 0.717) is 10.4 Å². The summed E-state index contributed by atoms with van der Waals surface area (Å²) in [6.07, 6.45) is 3.29. The standard InChI is InChI=1S/C8H8N4O2S/c9-5-3-6-11(4-7(13)14)1-2-12(6)8(15)10-5/h1-3H,4H2,(H,13,14)(H2,9,10,15). The molecule has 0 saturated heterocycles. The molecule has 0 atom stereocenters. The van der Waals surface area contributed by atoms with Gasteiger partial charge in [0.1, 0.15) is 18.0 Å². The lowest BCUT2D eigenvalue weighted by atomic mass is 10.5. The van der Waals surface area contributed by atoms with Gasteiger partial charge >= 0.3 is 5.97 Å². The van der Waals surface area contributed by atoms with Crippen LogP contribution in [0.1, 0.15) is 0 Å². The van der Waals surface area contributed by atoms with Crippen molar-refractivity contribution >= 4 is 29.7 Å². The quantitative estimate of drug-likeness (QED) is 0.727. The number of anilines is 1. The molecule has 0 spiro atoms. The van der Waals surface area contributed by atoms with E-state index in [-0.39, 0.29) is 12.4 Å². The maximum Gasteiger partial charge on any atom is 0.323 e. The summed E-state index contributed by atoms with van der Waals surface area (Å²) in [6.45, 7) is -0.130. The molecule has 0 fully saturated rings. The predicted octanol–water partition coefficient (Wildman–Crippen LogP) is 0.532. The smallest absolute Gasteiger partial charge is 0.323 e. The molecule has 0 aliphatic rings. The number of nitrogen functional groups attached to an aromatic ring is 1. The molecule has 6 nitrogen and oxygen atoms in total. The van der Waals surface area contributed by atoms with Crippen molar-refractivity contribution < 1.29 is 9.90 Å². The third-order valence-corrected chi connectivity index (χ3v) is 2.24. The van der Waals surface area contributed by atoms with Crippen molar-refractivity contribution in [3.8, 4) is 0 Å². The zero-order chi connectivity index (χ0) is 11.0. The van der Waals surface area contributed by atoms with Gasteiger partial charge in [-0.2, -0.15) is 0 Å². The van der Waals surface area contributed by atoms with E-state index in [0.717, 1.165) is 0 Å². The molecule has 0 bridgehead atoms. The summed E-state index contributed by atoms with van der Waals surface area (Å²) in [4.78, 5) is 14.5. The predicted molar refractivity (Wildman–Crippen MR) is 56.1 cm³/mol. The van der Waals surface area contributed by atoms with Crippen molar-refractivity contribution in [1.29, 1.82) is 0 Å². The second kappa shape index (κ2) is 3.35. The van der Waals surface area contributed by atoms with E-state index in [4.69, 9.17) is 23.1 Å². The lowest BCUT2D eigenvalue weighted by molar-refractivity contribution is -0.137. The van der Waals surface area contributed by atoms with Gasteiger partial charge in [0.2, 0.25) is 4.77 Å². The normalized spacial score (nSPS) is 10.7. The second-order valence-corrected chi connectivity index (χ2v) is 3.38. The average Bonchev–Trinajstić information content (AvgIpc) is 2.48. The van der Waals surface area contributed by atoms with E-state index >= 15 is 0 Å². The maximum absolute atomic E-state index is 10.6. The number of carboxylic acids is 1. The minimum atomic E-state index is -0.922. The minimum Gasteiger partial charge on any atom is -0.480 e. The molecule has 0 radical (unpaired) electrons. The summed E-state index contributed by atoms with van der Waals surface area (Å²) in [5.41, 5.74) is 6.15. The number of aromatic nitrogens is 3. The molecule has 15 heavy (non-hydrogen) atoms. The number of carboxylic acid groups (broad SMARTS) is 1. The van der Waals surface area contributed by atoms with Gasteiger partial charge < -0.3 is 15.4 Å². The SMILES string of the molecule is Nc1cc2n(CC(=O)O)ccn2c(=S)n1. The topological polar surface area (TPSA) is 85.5 Å². The lowest BCUT2D eigenvalue weighted by Crippen LogP contribution is -2.08. The van der Waals surface area contributed by atoms with Crippen LogP contribution in [0.3, 0.4) is 0 Å². The van der Waals surface area contributed by atoms with Gasteiger partial charge in [-0.25, -0.2) is 4.98 Å². The Balaban J connectivity index is 2.68. The first-order valence-electron chi connectivity index (χ1n) is 4.14. The Kier molecular flexibility index (Phi) is 2.16.